The molecule has 0 unspecified atom stereocenters. The van der Waals surface area contributed by atoms with E-state index in [1.807, 2.05) is 6.08 Å². The smallest absolute Gasteiger partial charge is 1.00 e. The zero-order chi connectivity index (χ0) is 4.83. The van der Waals surface area contributed by atoms with Gasteiger partial charge in [0.05, 0.1) is 0 Å². The third-order valence-corrected chi connectivity index (χ3v) is 0.762. The molecule has 0 nitrogen and oxygen atoms in total. The van der Waals surface area contributed by atoms with Gasteiger partial charge in [-0.15, -0.1) is 6.58 Å². The molecule has 0 radical (unpaired) electrons. The van der Waals surface area contributed by atoms with Crippen molar-refractivity contribution in [2.75, 3.05) is 0 Å². The summed E-state index contributed by atoms with van der Waals surface area (Å²) in [6.45, 7) is 5.78. The second-order valence-electron chi connectivity index (χ2n) is 1.43. The number of halogens is 2. The predicted molar refractivity (Wildman–Crippen MR) is 29.7 cm³/mol. The van der Waals surface area contributed by atoms with Gasteiger partial charge in [-0.1, -0.05) is 25.8 Å². The van der Waals surface area contributed by atoms with E-state index in [1.54, 1.807) is 0 Å². The van der Waals surface area contributed by atoms with Gasteiger partial charge in [-0.25, -0.2) is 0 Å². The first-order valence-electron chi connectivity index (χ1n) is 2.52. The summed E-state index contributed by atoms with van der Waals surface area (Å²) in [4.78, 5) is 0. The molecule has 0 bridgehead atoms. The van der Waals surface area contributed by atoms with Crippen molar-refractivity contribution in [3.63, 3.8) is 0 Å². The number of allylic oxidation sites excluding steroid dienone is 1. The Balaban J connectivity index is -0.0000000417. The van der Waals surface area contributed by atoms with E-state index >= 15 is 0 Å². The summed E-state index contributed by atoms with van der Waals surface area (Å²) in [6, 6.07) is 0. The quantitative estimate of drug-likeness (QED) is 0.356. The molecule has 0 aliphatic carbocycles. The molecule has 0 aliphatic heterocycles. The Kier molecular flexibility index (Phi) is 57.1. The Labute approximate surface area is 89.4 Å². The molecule has 0 spiro atoms. The van der Waals surface area contributed by atoms with Crippen LogP contribution in [-0.4, -0.2) is 0 Å². The largest absolute Gasteiger partial charge is 4.00 e. The summed E-state index contributed by atoms with van der Waals surface area (Å²) < 4.78 is 0. The Morgan fingerprint density at radius 3 is 1.89 bits per heavy atom. The van der Waals surface area contributed by atoms with E-state index in [9.17, 15) is 0 Å². The van der Waals surface area contributed by atoms with Gasteiger partial charge in [0.1, 0.15) is 0 Å². The van der Waals surface area contributed by atoms with Crippen molar-refractivity contribution in [1.82, 2.24) is 0 Å². The molecule has 0 aromatic carbocycles. The Morgan fingerprint density at radius 1 is 1.33 bits per heavy atom. The summed E-state index contributed by atoms with van der Waals surface area (Å²) in [7, 11) is 0. The van der Waals surface area contributed by atoms with Crippen LogP contribution < -0.4 is 24.8 Å². The molecule has 0 fully saturated rings. The minimum absolute atomic E-state index is 0. The molecule has 0 aliphatic rings. The van der Waals surface area contributed by atoms with Crippen molar-refractivity contribution >= 4 is 0 Å². The van der Waals surface area contributed by atoms with E-state index in [1.165, 1.54) is 19.3 Å². The number of hydrogen-bond donors (Lipinski definition) is 0. The van der Waals surface area contributed by atoms with Crippen LogP contribution in [0.25, 0.3) is 0 Å². The third-order valence-electron chi connectivity index (χ3n) is 0.762. The van der Waals surface area contributed by atoms with Crippen LogP contribution in [0.1, 0.15) is 26.2 Å². The van der Waals surface area contributed by atoms with Crippen molar-refractivity contribution in [2.45, 2.75) is 26.2 Å². The van der Waals surface area contributed by atoms with Crippen LogP contribution in [0, 0.1) is 0 Å². The van der Waals surface area contributed by atoms with E-state index in [0.29, 0.717) is 0 Å². The van der Waals surface area contributed by atoms with E-state index in [-0.39, 0.29) is 51.0 Å². The average Bonchev–Trinajstić information content (AvgIpc) is 1.61. The van der Waals surface area contributed by atoms with Gasteiger partial charge in [-0.2, -0.15) is 0 Å². The first-order valence-corrected chi connectivity index (χ1v) is 2.52. The van der Waals surface area contributed by atoms with Gasteiger partial charge in [0.25, 0.3) is 0 Å². The van der Waals surface area contributed by atoms with E-state index in [2.05, 4.69) is 13.5 Å². The summed E-state index contributed by atoms with van der Waals surface area (Å²) in [6.07, 6.45) is 5.72. The maximum absolute atomic E-state index is 3.60. The molecule has 0 heterocycles. The molecule has 9 heavy (non-hydrogen) atoms. The molecule has 0 saturated carbocycles. The van der Waals surface area contributed by atoms with Gasteiger partial charge in [0.15, 0.2) is 0 Å². The van der Waals surface area contributed by atoms with E-state index < -0.39 is 0 Å². The second kappa shape index (κ2) is 22.9. The van der Waals surface area contributed by atoms with Crippen LogP contribution in [0.4, 0.5) is 0 Å². The van der Waals surface area contributed by atoms with Crippen molar-refractivity contribution in [2.24, 2.45) is 0 Å². The van der Waals surface area contributed by atoms with Gasteiger partial charge >= 0.3 is 26.2 Å². The van der Waals surface area contributed by atoms with Crippen LogP contribution in [0.5, 0.6) is 0 Å². The molecule has 0 amide bonds. The Bertz CT molecular complexity index is 40.0. The van der Waals surface area contributed by atoms with Crippen molar-refractivity contribution < 1.29 is 51.0 Å². The molecule has 0 aromatic rings. The van der Waals surface area contributed by atoms with Gasteiger partial charge in [0, 0.05) is 0 Å². The zero-order valence-electron chi connectivity index (χ0n) is 5.66. The van der Waals surface area contributed by atoms with Crippen LogP contribution in [0.15, 0.2) is 12.7 Å². The van der Waals surface area contributed by atoms with Gasteiger partial charge in [0.2, 0.25) is 0 Å². The number of rotatable bonds is 3. The van der Waals surface area contributed by atoms with Gasteiger partial charge in [-0.3, -0.25) is 0 Å². The van der Waals surface area contributed by atoms with Crippen molar-refractivity contribution in [3.05, 3.63) is 12.7 Å². The summed E-state index contributed by atoms with van der Waals surface area (Å²) >= 11 is 0. The molecule has 0 N–H and O–H groups in total. The molecule has 0 aromatic heterocycles. The summed E-state index contributed by atoms with van der Waals surface area (Å²) in [5.41, 5.74) is 0. The normalized spacial score (nSPS) is 5.44. The van der Waals surface area contributed by atoms with Crippen LogP contribution >= 0.6 is 0 Å². The van der Waals surface area contributed by atoms with Gasteiger partial charge < -0.3 is 24.8 Å². The summed E-state index contributed by atoms with van der Waals surface area (Å²) in [5, 5.41) is 0. The molecule has 0 atom stereocenters. The molecular formula is C6H12Cl2Zr+2. The fraction of sp³-hybridized carbons (Fsp3) is 0.667. The van der Waals surface area contributed by atoms with E-state index in [4.69, 9.17) is 0 Å². The predicted octanol–water partition coefficient (Wildman–Crippen LogP) is -3.63. The van der Waals surface area contributed by atoms with Crippen molar-refractivity contribution in [3.8, 4) is 0 Å². The minimum Gasteiger partial charge on any atom is -1.00 e. The van der Waals surface area contributed by atoms with Crippen LogP contribution in [0.2, 0.25) is 0 Å². The SMILES string of the molecule is C=CCCCC.[Cl-].[Cl-].[Zr+4]. The maximum atomic E-state index is 3.60. The van der Waals surface area contributed by atoms with E-state index in [0.717, 1.165) is 0 Å². The monoisotopic (exact) mass is 244 g/mol. The summed E-state index contributed by atoms with van der Waals surface area (Å²) in [5.74, 6) is 0. The second-order valence-corrected chi connectivity index (χ2v) is 1.43. The molecule has 52 valence electrons. The zero-order valence-corrected chi connectivity index (χ0v) is 9.63. The topological polar surface area (TPSA) is 0 Å². The molecular weight excluding hydrogens is 234 g/mol. The van der Waals surface area contributed by atoms with Crippen molar-refractivity contribution in [1.29, 1.82) is 0 Å². The molecule has 3 heteroatoms. The molecule has 0 rings (SSSR count). The number of unbranched alkanes of at least 4 members (excludes halogenated alkanes) is 2. The maximum Gasteiger partial charge on any atom is 4.00 e. The van der Waals surface area contributed by atoms with Crippen LogP contribution in [-0.2, 0) is 26.2 Å². The first-order chi connectivity index (χ1) is 2.91. The fourth-order valence-electron chi connectivity index (χ4n) is 0.348. The third kappa shape index (κ3) is 27.0. The minimum atomic E-state index is 0. The Hall–Kier alpha value is 1.20. The Morgan fingerprint density at radius 2 is 1.78 bits per heavy atom. The fourth-order valence-corrected chi connectivity index (χ4v) is 0.348. The molecule has 0 saturated heterocycles. The standard InChI is InChI=1S/C6H12.2ClH.Zr/c1-3-5-6-4-2;;;/h3H,1,4-6H2,2H3;2*1H;/q;;;+4/p-2. The van der Waals surface area contributed by atoms with Crippen LogP contribution in [0.3, 0.4) is 0 Å². The number of hydrogen-bond acceptors (Lipinski definition) is 0. The van der Waals surface area contributed by atoms with Gasteiger partial charge in [-0.05, 0) is 6.42 Å². The first kappa shape index (κ1) is 22.5. The average molecular weight is 246 g/mol.